The quantitative estimate of drug-likeness (QED) is 0.422. The molecule has 0 fully saturated rings. The van der Waals surface area contributed by atoms with Crippen LogP contribution in [0.25, 0.3) is 0 Å². The van der Waals surface area contributed by atoms with Crippen LogP contribution in [0.1, 0.15) is 12.8 Å². The topological polar surface area (TPSA) is 86.4 Å². The van der Waals surface area contributed by atoms with E-state index in [9.17, 15) is 0 Å². The summed E-state index contributed by atoms with van der Waals surface area (Å²) in [7, 11) is 0. The molecule has 2 aromatic carbocycles. The van der Waals surface area contributed by atoms with Crippen LogP contribution in [-0.2, 0) is 9.47 Å². The Bertz CT molecular complexity index is 1280. The highest BCUT2D eigenvalue weighted by atomic mass is 16.5. The summed E-state index contributed by atoms with van der Waals surface area (Å²) < 4.78 is 23.9. The second-order valence-electron chi connectivity index (χ2n) is 8.51. The first-order chi connectivity index (χ1) is 18.9. The fourth-order valence-electron chi connectivity index (χ4n) is 3.99. The Labute approximate surface area is 221 Å². The van der Waals surface area contributed by atoms with Crippen LogP contribution in [0, 0.1) is 0 Å². The molecule has 1 heterocycles. The minimum absolute atomic E-state index is 0.185. The van der Waals surface area contributed by atoms with Crippen LogP contribution in [0.2, 0.25) is 0 Å². The highest BCUT2D eigenvalue weighted by Crippen LogP contribution is 2.29. The molecule has 8 heteroatoms. The van der Waals surface area contributed by atoms with Crippen molar-refractivity contribution in [2.75, 3.05) is 26.4 Å². The molecule has 2 unspecified atom stereocenters. The fraction of sp³-hybridized carbons (Fsp3) is 0.267. The van der Waals surface area contributed by atoms with Crippen molar-refractivity contribution >= 4 is 23.4 Å². The molecule has 2 aliphatic carbocycles. The van der Waals surface area contributed by atoms with Crippen molar-refractivity contribution < 1.29 is 18.9 Å². The van der Waals surface area contributed by atoms with Gasteiger partial charge in [-0.15, -0.1) is 0 Å². The standard InChI is InChI=1S/C30H28N4O4/c1-5-13-27-23(9-1)31-21-32-24-10-2-6-14-28(24)37-19-20-38-30-16-8-4-12-26(30)34-22-33-25-11-3-7-15-29(25)36-18-17-35-27/h1-10,13-16,25-26H,11-12,17-20H2. The Kier molecular flexibility index (Phi) is 8.60. The molecular weight excluding hydrogens is 480 g/mol. The molecule has 0 saturated carbocycles. The molecule has 0 spiro atoms. The first kappa shape index (κ1) is 25.0. The normalized spacial score (nSPS) is 21.3. The van der Waals surface area contributed by atoms with E-state index in [-0.39, 0.29) is 12.1 Å². The third kappa shape index (κ3) is 6.77. The van der Waals surface area contributed by atoms with E-state index in [0.717, 1.165) is 11.5 Å². The molecule has 1 aliphatic heterocycles. The van der Waals surface area contributed by atoms with Gasteiger partial charge in [0.05, 0.1) is 6.01 Å². The SMILES string of the molecule is C1=Nc2ccccc2OCCOC2=CC=CCC2N=C=NC2CC=CC=C2OCCOc2ccccc2N=1. The highest BCUT2D eigenvalue weighted by molar-refractivity contribution is 5.64. The molecule has 192 valence electrons. The minimum Gasteiger partial charge on any atom is -0.492 e. The largest absolute Gasteiger partial charge is 0.492 e. The van der Waals surface area contributed by atoms with Gasteiger partial charge in [-0.3, -0.25) is 0 Å². The Hall–Kier alpha value is -4.64. The maximum atomic E-state index is 6.00. The molecular formula is C30H28N4O4. The summed E-state index contributed by atoms with van der Waals surface area (Å²) in [6, 6.07) is 20.2. The van der Waals surface area contributed by atoms with E-state index >= 15 is 0 Å². The zero-order chi connectivity index (χ0) is 25.8. The molecule has 0 saturated heterocycles. The van der Waals surface area contributed by atoms with E-state index in [1.54, 1.807) is 0 Å². The monoisotopic (exact) mass is 508 g/mol. The summed E-state index contributed by atoms with van der Waals surface area (Å²) in [6.07, 6.45) is 13.3. The number of fused-ring (bicyclic) bond motifs is 4. The van der Waals surface area contributed by atoms with E-state index in [0.29, 0.717) is 62.1 Å². The van der Waals surface area contributed by atoms with Crippen molar-refractivity contribution in [2.24, 2.45) is 20.0 Å². The van der Waals surface area contributed by atoms with Crippen molar-refractivity contribution in [1.82, 2.24) is 0 Å². The van der Waals surface area contributed by atoms with Crippen LogP contribution in [0.3, 0.4) is 0 Å². The van der Waals surface area contributed by atoms with E-state index in [1.807, 2.05) is 72.8 Å². The summed E-state index contributed by atoms with van der Waals surface area (Å²) in [5, 5.41) is 0. The fourth-order valence-corrected chi connectivity index (χ4v) is 3.99. The lowest BCUT2D eigenvalue weighted by atomic mass is 10.1. The van der Waals surface area contributed by atoms with E-state index < -0.39 is 0 Å². The van der Waals surface area contributed by atoms with E-state index in [1.165, 1.54) is 0 Å². The third-order valence-corrected chi connectivity index (χ3v) is 5.89. The van der Waals surface area contributed by atoms with Gasteiger partial charge in [-0.1, -0.05) is 48.6 Å². The highest BCUT2D eigenvalue weighted by Gasteiger charge is 2.18. The van der Waals surface area contributed by atoms with Gasteiger partial charge in [0, 0.05) is 0 Å². The molecule has 8 nitrogen and oxygen atoms in total. The number of nitrogens with zero attached hydrogens (tertiary/aromatic N) is 4. The van der Waals surface area contributed by atoms with E-state index in [2.05, 4.69) is 44.1 Å². The molecule has 38 heavy (non-hydrogen) atoms. The Morgan fingerprint density at radius 1 is 0.579 bits per heavy atom. The van der Waals surface area contributed by atoms with Gasteiger partial charge in [0.2, 0.25) is 0 Å². The van der Waals surface area contributed by atoms with Crippen LogP contribution in [-0.4, -0.2) is 50.5 Å². The zero-order valence-corrected chi connectivity index (χ0v) is 20.9. The summed E-state index contributed by atoms with van der Waals surface area (Å²) in [5.41, 5.74) is 1.24. The number of para-hydroxylation sites is 4. The number of hydrogen-bond acceptors (Lipinski definition) is 8. The van der Waals surface area contributed by atoms with Gasteiger partial charge in [0.15, 0.2) is 0 Å². The lowest BCUT2D eigenvalue weighted by Crippen LogP contribution is -2.17. The van der Waals surface area contributed by atoms with Crippen LogP contribution >= 0.6 is 0 Å². The number of aliphatic imine (C=N–C) groups is 4. The molecule has 2 aromatic rings. The predicted molar refractivity (Wildman–Crippen MR) is 146 cm³/mol. The molecule has 0 amide bonds. The Morgan fingerprint density at radius 2 is 1.05 bits per heavy atom. The maximum Gasteiger partial charge on any atom is 0.145 e. The van der Waals surface area contributed by atoms with Crippen molar-refractivity contribution in [3.8, 4) is 11.5 Å². The predicted octanol–water partition coefficient (Wildman–Crippen LogP) is 6.23. The van der Waals surface area contributed by atoms with Crippen molar-refractivity contribution in [1.29, 1.82) is 0 Å². The second-order valence-corrected chi connectivity index (χ2v) is 8.51. The molecule has 3 aliphatic rings. The summed E-state index contributed by atoms with van der Waals surface area (Å²) in [4.78, 5) is 17.8. The van der Waals surface area contributed by atoms with Crippen molar-refractivity contribution in [3.63, 3.8) is 0 Å². The molecule has 0 aromatic heterocycles. The smallest absolute Gasteiger partial charge is 0.145 e. The Balaban J connectivity index is 1.39. The van der Waals surface area contributed by atoms with Crippen molar-refractivity contribution in [2.45, 2.75) is 24.9 Å². The van der Waals surface area contributed by atoms with Crippen LogP contribution in [0.5, 0.6) is 11.5 Å². The average molecular weight is 509 g/mol. The summed E-state index contributed by atoms with van der Waals surface area (Å²) in [6.45, 7) is 1.39. The molecule has 2 atom stereocenters. The lowest BCUT2D eigenvalue weighted by molar-refractivity contribution is 0.144. The number of ether oxygens (including phenoxy) is 4. The summed E-state index contributed by atoms with van der Waals surface area (Å²) >= 11 is 0. The van der Waals surface area contributed by atoms with Gasteiger partial charge >= 0.3 is 0 Å². The summed E-state index contributed by atoms with van der Waals surface area (Å²) in [5.74, 6) is 2.75. The zero-order valence-electron chi connectivity index (χ0n) is 20.9. The molecule has 0 N–H and O–H groups in total. The number of allylic oxidation sites excluding steroid dienone is 4. The van der Waals surface area contributed by atoms with Gasteiger partial charge < -0.3 is 18.9 Å². The van der Waals surface area contributed by atoms with Crippen LogP contribution in [0.15, 0.2) is 116 Å². The number of rotatable bonds is 0. The van der Waals surface area contributed by atoms with Gasteiger partial charge in [0.1, 0.15) is 78.9 Å². The molecule has 0 bridgehead atoms. The molecule has 0 radical (unpaired) electrons. The number of hydrogen-bond donors (Lipinski definition) is 0. The van der Waals surface area contributed by atoms with Crippen LogP contribution < -0.4 is 9.47 Å². The van der Waals surface area contributed by atoms with Gasteiger partial charge in [-0.05, 0) is 49.3 Å². The van der Waals surface area contributed by atoms with Crippen LogP contribution in [0.4, 0.5) is 11.4 Å². The van der Waals surface area contributed by atoms with Gasteiger partial charge in [-0.2, -0.15) is 9.98 Å². The van der Waals surface area contributed by atoms with Crippen molar-refractivity contribution in [3.05, 3.63) is 96.5 Å². The third-order valence-electron chi connectivity index (χ3n) is 5.89. The van der Waals surface area contributed by atoms with Gasteiger partial charge in [-0.25, -0.2) is 9.98 Å². The Morgan fingerprint density at radius 3 is 1.58 bits per heavy atom. The average Bonchev–Trinajstić information content (AvgIpc) is 2.96. The first-order valence-corrected chi connectivity index (χ1v) is 12.6. The van der Waals surface area contributed by atoms with Gasteiger partial charge in [0.25, 0.3) is 0 Å². The first-order valence-electron chi connectivity index (χ1n) is 12.6. The second kappa shape index (κ2) is 13.1. The maximum absolute atomic E-state index is 6.00. The minimum atomic E-state index is -0.185. The molecule has 5 rings (SSSR count). The van der Waals surface area contributed by atoms with E-state index in [4.69, 9.17) is 18.9 Å². The lowest BCUT2D eigenvalue weighted by Gasteiger charge is -2.19. The number of benzene rings is 2.